The molecular weight excluding hydrogens is 221 g/mol. The SMILES string of the molecule is Br.CNS(=O)(=O)O.Cl. The van der Waals surface area contributed by atoms with Crippen LogP contribution in [0.5, 0.6) is 0 Å². The number of hydrogen-bond acceptors (Lipinski definition) is 2. The van der Waals surface area contributed by atoms with Gasteiger partial charge >= 0.3 is 10.3 Å². The van der Waals surface area contributed by atoms with Gasteiger partial charge in [-0.15, -0.1) is 29.4 Å². The standard InChI is InChI=1S/CH5NO3S.BrH.ClH/c1-2-6(3,4)5;;/h2H,1H3,(H,3,4,5);2*1H. The predicted molar refractivity (Wildman–Crippen MR) is 38.2 cm³/mol. The first-order valence-corrected chi connectivity index (χ1v) is 2.66. The molecule has 0 aromatic rings. The molecule has 0 rings (SSSR count). The summed E-state index contributed by atoms with van der Waals surface area (Å²) in [5, 5.41) is 0. The second kappa shape index (κ2) is 5.77. The van der Waals surface area contributed by atoms with Gasteiger partial charge in [0.2, 0.25) is 0 Å². The van der Waals surface area contributed by atoms with Gasteiger partial charge in [-0.25, -0.2) is 0 Å². The fraction of sp³-hybridized carbons (Fsp3) is 1.00. The fourth-order valence-corrected chi connectivity index (χ4v) is 0. The fourth-order valence-electron chi connectivity index (χ4n) is 0. The molecule has 8 heavy (non-hydrogen) atoms. The van der Waals surface area contributed by atoms with Crippen molar-refractivity contribution in [2.24, 2.45) is 0 Å². The smallest absolute Gasteiger partial charge is 0.273 e. The summed E-state index contributed by atoms with van der Waals surface area (Å²) in [6, 6.07) is 0. The third-order valence-electron chi connectivity index (χ3n) is 0.258. The summed E-state index contributed by atoms with van der Waals surface area (Å²) in [6.07, 6.45) is 0. The summed E-state index contributed by atoms with van der Waals surface area (Å²) in [5.74, 6) is 0. The van der Waals surface area contributed by atoms with E-state index in [1.54, 1.807) is 4.72 Å². The van der Waals surface area contributed by atoms with Crippen LogP contribution in [0, 0.1) is 0 Å². The summed E-state index contributed by atoms with van der Waals surface area (Å²) >= 11 is 0. The molecule has 0 spiro atoms. The van der Waals surface area contributed by atoms with Crippen molar-refractivity contribution in [2.75, 3.05) is 7.05 Å². The predicted octanol–water partition coefficient (Wildman–Crippen LogP) is 0.00830. The molecular formula is CH7BrClNO3S. The van der Waals surface area contributed by atoms with Crippen LogP contribution in [-0.2, 0) is 10.3 Å². The van der Waals surface area contributed by atoms with Gasteiger partial charge in [-0.05, 0) is 0 Å². The quantitative estimate of drug-likeness (QED) is 0.621. The Bertz CT molecular complexity index is 121. The van der Waals surface area contributed by atoms with Crippen molar-refractivity contribution in [3.05, 3.63) is 0 Å². The van der Waals surface area contributed by atoms with Crippen molar-refractivity contribution >= 4 is 39.7 Å². The van der Waals surface area contributed by atoms with E-state index in [0.717, 1.165) is 7.05 Å². The highest BCUT2D eigenvalue weighted by Gasteiger charge is 1.91. The monoisotopic (exact) mass is 227 g/mol. The average Bonchev–Trinajstić information content (AvgIpc) is 1.35. The minimum atomic E-state index is -3.91. The lowest BCUT2D eigenvalue weighted by atomic mass is 11.6. The van der Waals surface area contributed by atoms with E-state index in [-0.39, 0.29) is 29.4 Å². The van der Waals surface area contributed by atoms with Crippen LogP contribution < -0.4 is 4.72 Å². The van der Waals surface area contributed by atoms with Gasteiger partial charge in [-0.3, -0.25) is 4.55 Å². The molecule has 0 aliphatic carbocycles. The van der Waals surface area contributed by atoms with Gasteiger partial charge in [0.25, 0.3) is 0 Å². The number of halogens is 2. The minimum Gasteiger partial charge on any atom is -0.273 e. The highest BCUT2D eigenvalue weighted by atomic mass is 79.9. The maximum absolute atomic E-state index is 9.44. The van der Waals surface area contributed by atoms with Crippen molar-refractivity contribution in [1.82, 2.24) is 4.72 Å². The van der Waals surface area contributed by atoms with Crippen LogP contribution in [0.25, 0.3) is 0 Å². The average molecular weight is 228 g/mol. The van der Waals surface area contributed by atoms with Gasteiger partial charge < -0.3 is 0 Å². The zero-order valence-corrected chi connectivity index (χ0v) is 7.33. The molecule has 0 unspecified atom stereocenters. The van der Waals surface area contributed by atoms with Crippen molar-refractivity contribution < 1.29 is 13.0 Å². The zero-order valence-electron chi connectivity index (χ0n) is 3.99. The lowest BCUT2D eigenvalue weighted by molar-refractivity contribution is 0.473. The van der Waals surface area contributed by atoms with Gasteiger partial charge in [0.1, 0.15) is 0 Å². The van der Waals surface area contributed by atoms with Crippen LogP contribution in [0.15, 0.2) is 0 Å². The van der Waals surface area contributed by atoms with Gasteiger partial charge in [0.15, 0.2) is 0 Å². The van der Waals surface area contributed by atoms with E-state index >= 15 is 0 Å². The molecule has 0 fully saturated rings. The molecule has 0 bridgehead atoms. The first-order valence-electron chi connectivity index (χ1n) is 1.22. The van der Waals surface area contributed by atoms with E-state index < -0.39 is 10.3 Å². The van der Waals surface area contributed by atoms with Crippen molar-refractivity contribution in [3.8, 4) is 0 Å². The largest absolute Gasteiger partial charge is 0.333 e. The molecule has 2 N–H and O–H groups in total. The molecule has 0 aliphatic rings. The lowest BCUT2D eigenvalue weighted by Gasteiger charge is -1.83. The van der Waals surface area contributed by atoms with Gasteiger partial charge in [0.05, 0.1) is 0 Å². The Morgan fingerprint density at radius 2 is 1.62 bits per heavy atom. The Balaban J connectivity index is -0.000000125. The lowest BCUT2D eigenvalue weighted by Crippen LogP contribution is -2.16. The molecule has 0 atom stereocenters. The molecule has 0 saturated heterocycles. The van der Waals surface area contributed by atoms with E-state index in [4.69, 9.17) is 4.55 Å². The molecule has 0 aliphatic heterocycles. The number of hydrogen-bond donors (Lipinski definition) is 2. The summed E-state index contributed by atoms with van der Waals surface area (Å²) in [7, 11) is -2.79. The summed E-state index contributed by atoms with van der Waals surface area (Å²) in [5.41, 5.74) is 0. The Morgan fingerprint density at radius 3 is 1.62 bits per heavy atom. The maximum Gasteiger partial charge on any atom is 0.333 e. The van der Waals surface area contributed by atoms with Crippen LogP contribution >= 0.6 is 29.4 Å². The molecule has 54 valence electrons. The van der Waals surface area contributed by atoms with Crippen molar-refractivity contribution in [3.63, 3.8) is 0 Å². The van der Waals surface area contributed by atoms with Gasteiger partial charge in [0, 0.05) is 7.05 Å². The molecule has 0 heterocycles. The third kappa shape index (κ3) is 15.9. The molecule has 0 radical (unpaired) electrons. The van der Waals surface area contributed by atoms with Crippen molar-refractivity contribution in [1.29, 1.82) is 0 Å². The number of nitrogens with one attached hydrogen (secondary N) is 1. The van der Waals surface area contributed by atoms with Crippen molar-refractivity contribution in [2.45, 2.75) is 0 Å². The van der Waals surface area contributed by atoms with Crippen LogP contribution in [0.3, 0.4) is 0 Å². The van der Waals surface area contributed by atoms with Crippen LogP contribution in [0.4, 0.5) is 0 Å². The zero-order chi connectivity index (χ0) is 5.21. The van der Waals surface area contributed by atoms with E-state index in [9.17, 15) is 8.42 Å². The Morgan fingerprint density at radius 1 is 1.50 bits per heavy atom. The second-order valence-corrected chi connectivity index (χ2v) is 2.04. The van der Waals surface area contributed by atoms with E-state index in [2.05, 4.69) is 0 Å². The Kier molecular flexibility index (Phi) is 11.4. The molecule has 4 nitrogen and oxygen atoms in total. The molecule has 0 aromatic heterocycles. The van der Waals surface area contributed by atoms with Crippen LogP contribution in [0.2, 0.25) is 0 Å². The van der Waals surface area contributed by atoms with Gasteiger partial charge in [-0.1, -0.05) is 0 Å². The maximum atomic E-state index is 9.44. The topological polar surface area (TPSA) is 66.4 Å². The van der Waals surface area contributed by atoms with Crippen LogP contribution in [-0.4, -0.2) is 20.0 Å². The molecule has 0 aromatic carbocycles. The van der Waals surface area contributed by atoms with E-state index in [0.29, 0.717) is 0 Å². The highest BCUT2D eigenvalue weighted by Crippen LogP contribution is 1.61. The van der Waals surface area contributed by atoms with Gasteiger partial charge in [-0.2, -0.15) is 13.1 Å². The first kappa shape index (κ1) is 15.9. The Hall–Kier alpha value is 0.640. The number of rotatable bonds is 1. The third-order valence-corrected chi connectivity index (χ3v) is 0.774. The first-order chi connectivity index (χ1) is 2.56. The molecule has 0 saturated carbocycles. The summed E-state index contributed by atoms with van der Waals surface area (Å²) in [6.45, 7) is 0. The second-order valence-electron chi connectivity index (χ2n) is 0.679. The summed E-state index contributed by atoms with van der Waals surface area (Å²) < 4.78 is 28.2. The van der Waals surface area contributed by atoms with Crippen LogP contribution in [0.1, 0.15) is 0 Å². The molecule has 0 amide bonds. The van der Waals surface area contributed by atoms with E-state index in [1.165, 1.54) is 0 Å². The summed E-state index contributed by atoms with van der Waals surface area (Å²) in [4.78, 5) is 0. The molecule has 7 heteroatoms. The normalized spacial score (nSPS) is 8.75. The highest BCUT2D eigenvalue weighted by molar-refractivity contribution is 8.93. The van der Waals surface area contributed by atoms with E-state index in [1.807, 2.05) is 0 Å². The minimum absolute atomic E-state index is 0. The Labute approximate surface area is 64.7 Å².